The Hall–Kier alpha value is -2.01. The van der Waals surface area contributed by atoms with Gasteiger partial charge in [-0.15, -0.1) is 0 Å². The Morgan fingerprint density at radius 2 is 2.14 bits per heavy atom. The molecule has 2 N–H and O–H groups in total. The third-order valence-electron chi connectivity index (χ3n) is 3.30. The van der Waals surface area contributed by atoms with Crippen molar-refractivity contribution in [2.45, 2.75) is 33.9 Å². The number of hydrogen-bond acceptors (Lipinski definition) is 4. The topological polar surface area (TPSA) is 70.1 Å². The summed E-state index contributed by atoms with van der Waals surface area (Å²) in [6.07, 6.45) is 0. The number of carbonyl (C=O) groups excluding carboxylic acids is 1. The number of nitrogens with two attached hydrogens (primary N) is 1. The van der Waals surface area contributed by atoms with Crippen LogP contribution in [0.5, 0.6) is 0 Å². The van der Waals surface area contributed by atoms with Crippen LogP contribution < -0.4 is 5.73 Å². The minimum atomic E-state index is -0.455. The van der Waals surface area contributed by atoms with Gasteiger partial charge in [0.15, 0.2) is 0 Å². The Bertz CT molecular complexity index is 660. The smallest absolute Gasteiger partial charge is 0.340 e. The highest BCUT2D eigenvalue weighted by Gasteiger charge is 2.18. The Labute approximate surface area is 128 Å². The fraction of sp³-hybridized carbons (Fsp3) is 0.333. The number of nitrogen functional groups attached to an aromatic ring is 1. The number of nitrogens with zero attached hydrogens (tertiary/aromatic N) is 2. The lowest BCUT2D eigenvalue weighted by Gasteiger charge is -2.10. The molecule has 112 valence electrons. The summed E-state index contributed by atoms with van der Waals surface area (Å²) < 4.78 is 7.08. The minimum absolute atomic E-state index is 0.0696. The van der Waals surface area contributed by atoms with E-state index in [4.69, 9.17) is 22.1 Å². The highest BCUT2D eigenvalue weighted by molar-refractivity contribution is 6.31. The van der Waals surface area contributed by atoms with Crippen LogP contribution in [0.4, 0.5) is 5.69 Å². The predicted octanol–water partition coefficient (Wildman–Crippen LogP) is 3.11. The van der Waals surface area contributed by atoms with Gasteiger partial charge in [-0.05, 0) is 32.4 Å². The van der Waals surface area contributed by atoms with Gasteiger partial charge in [-0.1, -0.05) is 23.7 Å². The van der Waals surface area contributed by atoms with Crippen LogP contribution in [0.25, 0.3) is 0 Å². The van der Waals surface area contributed by atoms with Crippen molar-refractivity contribution in [3.05, 3.63) is 45.7 Å². The number of halogens is 1. The number of rotatable bonds is 4. The average Bonchev–Trinajstić information content (AvgIpc) is 2.71. The maximum atomic E-state index is 12.2. The molecule has 2 rings (SSSR count). The van der Waals surface area contributed by atoms with Gasteiger partial charge in [0.25, 0.3) is 0 Å². The molecule has 0 aliphatic carbocycles. The molecular weight excluding hydrogens is 290 g/mol. The van der Waals surface area contributed by atoms with Crippen LogP contribution in [0.2, 0.25) is 5.02 Å². The molecule has 0 amide bonds. The molecule has 21 heavy (non-hydrogen) atoms. The summed E-state index contributed by atoms with van der Waals surface area (Å²) in [6.45, 7) is 6.32. The molecule has 1 heterocycles. The molecule has 0 bridgehead atoms. The molecule has 0 saturated carbocycles. The Morgan fingerprint density at radius 1 is 1.43 bits per heavy atom. The minimum Gasteiger partial charge on any atom is -0.455 e. The van der Waals surface area contributed by atoms with E-state index in [-0.39, 0.29) is 6.61 Å². The monoisotopic (exact) mass is 307 g/mol. The van der Waals surface area contributed by atoms with Crippen molar-refractivity contribution in [2.24, 2.45) is 0 Å². The van der Waals surface area contributed by atoms with Crippen molar-refractivity contribution in [3.8, 4) is 0 Å². The summed E-state index contributed by atoms with van der Waals surface area (Å²) in [5.74, 6) is -0.455. The van der Waals surface area contributed by atoms with E-state index < -0.39 is 5.97 Å². The molecule has 0 aliphatic heterocycles. The Morgan fingerprint density at radius 3 is 2.76 bits per heavy atom. The SMILES string of the molecule is CCn1nc(C)c(Cl)c1COC(=O)c1c(C)cccc1N. The zero-order valence-electron chi connectivity index (χ0n) is 12.3. The highest BCUT2D eigenvalue weighted by Crippen LogP contribution is 2.23. The summed E-state index contributed by atoms with van der Waals surface area (Å²) in [4.78, 5) is 12.2. The van der Waals surface area contributed by atoms with Crippen molar-refractivity contribution in [3.63, 3.8) is 0 Å². The molecule has 0 spiro atoms. The van der Waals surface area contributed by atoms with Crippen LogP contribution >= 0.6 is 11.6 Å². The van der Waals surface area contributed by atoms with E-state index in [1.165, 1.54) is 0 Å². The standard InChI is InChI=1S/C15H18ClN3O2/c1-4-19-12(14(16)10(3)18-19)8-21-15(20)13-9(2)6-5-7-11(13)17/h5-7H,4,8,17H2,1-3H3. The molecule has 5 nitrogen and oxygen atoms in total. The second-order valence-corrected chi connectivity index (χ2v) is 5.16. The molecule has 0 fully saturated rings. The fourth-order valence-electron chi connectivity index (χ4n) is 2.18. The predicted molar refractivity (Wildman–Crippen MR) is 82.4 cm³/mol. The molecule has 6 heteroatoms. The third kappa shape index (κ3) is 3.03. The maximum absolute atomic E-state index is 12.2. The molecule has 1 aromatic carbocycles. The van der Waals surface area contributed by atoms with Gasteiger partial charge < -0.3 is 10.5 Å². The zero-order chi connectivity index (χ0) is 15.6. The van der Waals surface area contributed by atoms with Gasteiger partial charge in [-0.2, -0.15) is 5.10 Å². The van der Waals surface area contributed by atoms with Crippen LogP contribution in [0.3, 0.4) is 0 Å². The largest absolute Gasteiger partial charge is 0.455 e. The lowest BCUT2D eigenvalue weighted by atomic mass is 10.1. The number of benzene rings is 1. The molecule has 1 aromatic heterocycles. The molecular formula is C15H18ClN3O2. The van der Waals surface area contributed by atoms with E-state index in [0.29, 0.717) is 28.5 Å². The molecule has 0 saturated heterocycles. The van der Waals surface area contributed by atoms with Gasteiger partial charge >= 0.3 is 5.97 Å². The first kappa shape index (κ1) is 15.4. The van der Waals surface area contributed by atoms with Gasteiger partial charge in [0.05, 0.1) is 22.0 Å². The van der Waals surface area contributed by atoms with E-state index in [1.807, 2.05) is 26.8 Å². The van der Waals surface area contributed by atoms with Crippen LogP contribution in [0.15, 0.2) is 18.2 Å². The summed E-state index contributed by atoms with van der Waals surface area (Å²) in [5.41, 5.74) is 8.84. The van der Waals surface area contributed by atoms with Crippen molar-refractivity contribution in [1.29, 1.82) is 0 Å². The lowest BCUT2D eigenvalue weighted by molar-refractivity contribution is 0.0463. The summed E-state index contributed by atoms with van der Waals surface area (Å²) in [7, 11) is 0. The fourth-order valence-corrected chi connectivity index (χ4v) is 2.37. The van der Waals surface area contributed by atoms with E-state index in [0.717, 1.165) is 11.3 Å². The van der Waals surface area contributed by atoms with E-state index in [1.54, 1.807) is 16.8 Å². The summed E-state index contributed by atoms with van der Waals surface area (Å²) in [5, 5.41) is 4.81. The molecule has 0 radical (unpaired) electrons. The zero-order valence-corrected chi connectivity index (χ0v) is 13.1. The number of ether oxygens (including phenoxy) is 1. The Kier molecular flexibility index (Phi) is 4.53. The average molecular weight is 308 g/mol. The number of anilines is 1. The van der Waals surface area contributed by atoms with Gasteiger partial charge in [0.1, 0.15) is 6.61 Å². The second kappa shape index (κ2) is 6.18. The van der Waals surface area contributed by atoms with Gasteiger partial charge in [0, 0.05) is 12.2 Å². The van der Waals surface area contributed by atoms with Crippen LogP contribution in [0, 0.1) is 13.8 Å². The number of esters is 1. The summed E-state index contributed by atoms with van der Waals surface area (Å²) in [6, 6.07) is 5.30. The quantitative estimate of drug-likeness (QED) is 0.696. The number of aryl methyl sites for hydroxylation is 3. The highest BCUT2D eigenvalue weighted by atomic mass is 35.5. The number of aromatic nitrogens is 2. The van der Waals surface area contributed by atoms with Crippen molar-refractivity contribution >= 4 is 23.3 Å². The van der Waals surface area contributed by atoms with E-state index >= 15 is 0 Å². The third-order valence-corrected chi connectivity index (χ3v) is 3.79. The van der Waals surface area contributed by atoms with Gasteiger partial charge in [-0.3, -0.25) is 4.68 Å². The molecule has 0 aliphatic rings. The second-order valence-electron chi connectivity index (χ2n) is 4.78. The van der Waals surface area contributed by atoms with E-state index in [2.05, 4.69) is 5.10 Å². The molecule has 2 aromatic rings. The number of hydrogen-bond donors (Lipinski definition) is 1. The van der Waals surface area contributed by atoms with Crippen LogP contribution in [-0.2, 0) is 17.9 Å². The van der Waals surface area contributed by atoms with Crippen molar-refractivity contribution in [2.75, 3.05) is 5.73 Å². The first-order valence-electron chi connectivity index (χ1n) is 6.69. The van der Waals surface area contributed by atoms with Gasteiger partial charge in [-0.25, -0.2) is 4.79 Å². The summed E-state index contributed by atoms with van der Waals surface area (Å²) >= 11 is 6.19. The Balaban J connectivity index is 2.19. The van der Waals surface area contributed by atoms with Gasteiger partial charge in [0.2, 0.25) is 0 Å². The first-order chi connectivity index (χ1) is 9.95. The molecule has 0 unspecified atom stereocenters. The lowest BCUT2D eigenvalue weighted by Crippen LogP contribution is -2.12. The van der Waals surface area contributed by atoms with Crippen molar-refractivity contribution < 1.29 is 9.53 Å². The number of carbonyl (C=O) groups is 1. The maximum Gasteiger partial charge on any atom is 0.340 e. The van der Waals surface area contributed by atoms with E-state index in [9.17, 15) is 4.79 Å². The van der Waals surface area contributed by atoms with Crippen LogP contribution in [-0.4, -0.2) is 15.7 Å². The van der Waals surface area contributed by atoms with Crippen molar-refractivity contribution in [1.82, 2.24) is 9.78 Å². The van der Waals surface area contributed by atoms with Crippen LogP contribution in [0.1, 0.15) is 34.2 Å². The first-order valence-corrected chi connectivity index (χ1v) is 7.07. The normalized spacial score (nSPS) is 10.7. The molecule has 0 atom stereocenters.